The summed E-state index contributed by atoms with van der Waals surface area (Å²) in [4.78, 5) is 37.6. The zero-order chi connectivity index (χ0) is 20.0. The number of carbonyl (C=O) groups is 2. The number of hydrogen-bond acceptors (Lipinski definition) is 6. The van der Waals surface area contributed by atoms with Crippen molar-refractivity contribution in [2.24, 2.45) is 0 Å². The van der Waals surface area contributed by atoms with Gasteiger partial charge in [-0.25, -0.2) is 9.97 Å². The second kappa shape index (κ2) is 7.22. The van der Waals surface area contributed by atoms with Gasteiger partial charge >= 0.3 is 0 Å². The number of fused-ring (bicyclic) bond motifs is 2. The summed E-state index contributed by atoms with van der Waals surface area (Å²) in [6.07, 6.45) is 5.29. The molecule has 7 heteroatoms. The van der Waals surface area contributed by atoms with Gasteiger partial charge in [0, 0.05) is 54.1 Å². The molecular formula is C22H25N5O2. The molecule has 1 saturated carbocycles. The first kappa shape index (κ1) is 18.2. The van der Waals surface area contributed by atoms with Gasteiger partial charge in [-0.2, -0.15) is 0 Å². The van der Waals surface area contributed by atoms with Crippen LogP contribution < -0.4 is 10.2 Å². The Hall–Kier alpha value is -2.80. The summed E-state index contributed by atoms with van der Waals surface area (Å²) in [7, 11) is 0. The molecule has 2 atom stereocenters. The predicted octanol–water partition coefficient (Wildman–Crippen LogP) is 2.46. The fourth-order valence-electron chi connectivity index (χ4n) is 4.45. The molecule has 7 nitrogen and oxygen atoms in total. The Kier molecular flexibility index (Phi) is 4.54. The summed E-state index contributed by atoms with van der Waals surface area (Å²) in [5.74, 6) is 1.60. The van der Waals surface area contributed by atoms with Crippen molar-refractivity contribution in [2.75, 3.05) is 29.9 Å². The van der Waals surface area contributed by atoms with Crippen molar-refractivity contribution < 1.29 is 9.59 Å². The first-order valence-electron chi connectivity index (χ1n) is 10.3. The number of hydrogen-bond donors (Lipinski definition) is 1. The van der Waals surface area contributed by atoms with E-state index >= 15 is 0 Å². The van der Waals surface area contributed by atoms with Gasteiger partial charge in [0.1, 0.15) is 12.1 Å². The smallest absolute Gasteiger partial charge is 0.238 e. The minimum atomic E-state index is -0.0353. The van der Waals surface area contributed by atoms with Crippen LogP contribution in [0.15, 0.2) is 36.7 Å². The Labute approximate surface area is 170 Å². The van der Waals surface area contributed by atoms with E-state index in [1.54, 1.807) is 24.5 Å². The van der Waals surface area contributed by atoms with E-state index < -0.39 is 0 Å². The molecule has 2 unspecified atom stereocenters. The minimum absolute atomic E-state index is 0.00645. The molecule has 2 aromatic rings. The van der Waals surface area contributed by atoms with Crippen LogP contribution in [0.2, 0.25) is 0 Å². The van der Waals surface area contributed by atoms with Crippen LogP contribution in [0.3, 0.4) is 0 Å². The van der Waals surface area contributed by atoms with E-state index in [0.29, 0.717) is 35.8 Å². The Morgan fingerprint density at radius 3 is 2.66 bits per heavy atom. The molecule has 6 rings (SSSR count). The number of carbonyl (C=O) groups excluding carboxylic acids is 2. The minimum Gasteiger partial charge on any atom is -0.353 e. The second-order valence-corrected chi connectivity index (χ2v) is 8.38. The molecule has 0 spiro atoms. The van der Waals surface area contributed by atoms with E-state index in [0.717, 1.165) is 25.3 Å². The van der Waals surface area contributed by atoms with E-state index in [-0.39, 0.29) is 11.7 Å². The maximum atomic E-state index is 12.5. The lowest BCUT2D eigenvalue weighted by atomic mass is 9.87. The third-order valence-corrected chi connectivity index (χ3v) is 6.22. The SMILES string of the molecule is CC(=O)c1cccc(NC(=O)CN2C3CC2CN(c2cc(C4CC4)ncn2)C3)c1. The molecule has 4 heterocycles. The molecule has 1 aromatic carbocycles. The highest BCUT2D eigenvalue weighted by Gasteiger charge is 2.45. The summed E-state index contributed by atoms with van der Waals surface area (Å²) in [6, 6.07) is 9.99. The lowest BCUT2D eigenvalue weighted by molar-refractivity contribution is -0.121. The topological polar surface area (TPSA) is 78.4 Å². The predicted molar refractivity (Wildman–Crippen MR) is 110 cm³/mol. The number of rotatable bonds is 6. The quantitative estimate of drug-likeness (QED) is 0.762. The van der Waals surface area contributed by atoms with Gasteiger partial charge in [-0.1, -0.05) is 12.1 Å². The van der Waals surface area contributed by atoms with Crippen molar-refractivity contribution in [1.29, 1.82) is 0 Å². The van der Waals surface area contributed by atoms with Gasteiger partial charge in [0.15, 0.2) is 5.78 Å². The monoisotopic (exact) mass is 391 g/mol. The fourth-order valence-corrected chi connectivity index (χ4v) is 4.45. The molecule has 4 aliphatic rings. The molecule has 0 radical (unpaired) electrons. The average molecular weight is 391 g/mol. The Morgan fingerprint density at radius 1 is 1.14 bits per heavy atom. The third kappa shape index (κ3) is 3.74. The van der Waals surface area contributed by atoms with Crippen LogP contribution in [0, 0.1) is 0 Å². The molecule has 1 aliphatic carbocycles. The summed E-state index contributed by atoms with van der Waals surface area (Å²) in [5, 5.41) is 2.93. The molecule has 1 aromatic heterocycles. The molecule has 1 amide bonds. The van der Waals surface area contributed by atoms with E-state index in [1.807, 2.05) is 6.07 Å². The second-order valence-electron chi connectivity index (χ2n) is 8.38. The number of Topliss-reactive ketones (excluding diaryl/α,β-unsaturated/α-hetero) is 1. The van der Waals surface area contributed by atoms with Crippen molar-refractivity contribution in [3.63, 3.8) is 0 Å². The first-order valence-corrected chi connectivity index (χ1v) is 10.3. The lowest BCUT2D eigenvalue weighted by Crippen LogP contribution is -2.69. The van der Waals surface area contributed by atoms with Crippen molar-refractivity contribution in [3.05, 3.63) is 47.9 Å². The first-order chi connectivity index (χ1) is 14.1. The highest BCUT2D eigenvalue weighted by atomic mass is 16.2. The largest absolute Gasteiger partial charge is 0.353 e. The number of anilines is 2. The highest BCUT2D eigenvalue weighted by molar-refractivity contribution is 5.97. The Balaban J connectivity index is 1.18. The maximum absolute atomic E-state index is 12.5. The highest BCUT2D eigenvalue weighted by Crippen LogP contribution is 2.40. The number of aromatic nitrogens is 2. The standard InChI is InChI=1S/C22H25N5O2/c1-14(28)16-3-2-4-17(7-16)25-22(29)12-27-18-8-19(27)11-26(10-18)21-9-20(15-5-6-15)23-13-24-21/h2-4,7,9,13,15,18-19H,5-6,8,10-12H2,1H3,(H,25,29). The van der Waals surface area contributed by atoms with Crippen molar-refractivity contribution in [1.82, 2.24) is 14.9 Å². The molecule has 150 valence electrons. The molecule has 3 saturated heterocycles. The summed E-state index contributed by atoms with van der Waals surface area (Å²) >= 11 is 0. The van der Waals surface area contributed by atoms with E-state index in [9.17, 15) is 9.59 Å². The van der Waals surface area contributed by atoms with Crippen LogP contribution in [0.4, 0.5) is 11.5 Å². The number of piperazine rings is 1. The van der Waals surface area contributed by atoms with Crippen LogP contribution in [-0.2, 0) is 4.79 Å². The maximum Gasteiger partial charge on any atom is 0.238 e. The van der Waals surface area contributed by atoms with Crippen molar-refractivity contribution in [2.45, 2.75) is 44.2 Å². The fraction of sp³-hybridized carbons (Fsp3) is 0.455. The summed E-state index contributed by atoms with van der Waals surface area (Å²) < 4.78 is 0. The van der Waals surface area contributed by atoms with E-state index in [1.165, 1.54) is 25.5 Å². The third-order valence-electron chi connectivity index (χ3n) is 6.22. The normalized spacial score (nSPS) is 23.4. The van der Waals surface area contributed by atoms with Gasteiger partial charge in [-0.15, -0.1) is 0 Å². The van der Waals surface area contributed by atoms with Gasteiger partial charge in [0.05, 0.1) is 6.54 Å². The summed E-state index contributed by atoms with van der Waals surface area (Å²) in [5.41, 5.74) is 2.44. The number of amides is 1. The molecule has 29 heavy (non-hydrogen) atoms. The van der Waals surface area contributed by atoms with E-state index in [4.69, 9.17) is 0 Å². The van der Waals surface area contributed by atoms with Crippen LogP contribution in [-0.4, -0.2) is 58.3 Å². The lowest BCUT2D eigenvalue weighted by Gasteiger charge is -2.56. The number of benzene rings is 1. The number of nitrogens with zero attached hydrogens (tertiary/aromatic N) is 4. The summed E-state index contributed by atoms with van der Waals surface area (Å²) in [6.45, 7) is 3.69. The Bertz CT molecular complexity index is 946. The van der Waals surface area contributed by atoms with Crippen LogP contribution in [0.25, 0.3) is 0 Å². The van der Waals surface area contributed by atoms with Gasteiger partial charge in [-0.3, -0.25) is 14.5 Å². The number of ketones is 1. The van der Waals surface area contributed by atoms with Crippen LogP contribution >= 0.6 is 0 Å². The van der Waals surface area contributed by atoms with Crippen molar-refractivity contribution >= 4 is 23.2 Å². The number of nitrogens with one attached hydrogen (secondary N) is 1. The van der Waals surface area contributed by atoms with E-state index in [2.05, 4.69) is 31.2 Å². The molecular weight excluding hydrogens is 366 g/mol. The van der Waals surface area contributed by atoms with Crippen LogP contribution in [0.1, 0.15) is 48.2 Å². The van der Waals surface area contributed by atoms with Crippen molar-refractivity contribution in [3.8, 4) is 0 Å². The molecule has 1 N–H and O–H groups in total. The zero-order valence-corrected chi connectivity index (χ0v) is 16.5. The van der Waals surface area contributed by atoms with Gasteiger partial charge in [0.25, 0.3) is 0 Å². The zero-order valence-electron chi connectivity index (χ0n) is 16.5. The van der Waals surface area contributed by atoms with Gasteiger partial charge in [0.2, 0.25) is 5.91 Å². The molecule has 4 fully saturated rings. The number of piperidine rings is 1. The Morgan fingerprint density at radius 2 is 1.93 bits per heavy atom. The molecule has 2 bridgehead atoms. The van der Waals surface area contributed by atoms with Gasteiger partial charge < -0.3 is 10.2 Å². The average Bonchev–Trinajstić information content (AvgIpc) is 3.58. The van der Waals surface area contributed by atoms with Gasteiger partial charge in [-0.05, 0) is 38.3 Å². The van der Waals surface area contributed by atoms with Crippen LogP contribution in [0.5, 0.6) is 0 Å². The molecule has 3 aliphatic heterocycles.